The van der Waals surface area contributed by atoms with Gasteiger partial charge < -0.3 is 25.2 Å². The van der Waals surface area contributed by atoms with Crippen molar-refractivity contribution >= 4 is 12.0 Å². The van der Waals surface area contributed by atoms with E-state index >= 15 is 0 Å². The van der Waals surface area contributed by atoms with Gasteiger partial charge in [0.1, 0.15) is 11.1 Å². The highest BCUT2D eigenvalue weighted by Gasteiger charge is 2.37. The zero-order chi connectivity index (χ0) is 14.5. The van der Waals surface area contributed by atoms with Crippen molar-refractivity contribution < 1.29 is 24.2 Å². The van der Waals surface area contributed by atoms with E-state index in [1.165, 1.54) is 6.92 Å². The maximum Gasteiger partial charge on any atom is 0.329 e. The Kier molecular flexibility index (Phi) is 5.13. The number of carbonyl (C=O) groups excluding carboxylic acids is 1. The lowest BCUT2D eigenvalue weighted by molar-refractivity contribution is -0.143. The minimum absolute atomic E-state index is 0.286. The summed E-state index contributed by atoms with van der Waals surface area (Å²) in [4.78, 5) is 22.8. The van der Waals surface area contributed by atoms with Crippen LogP contribution in [-0.4, -0.2) is 55.1 Å². The first kappa shape index (κ1) is 15.7. The number of methoxy groups -OCH3 is 1. The van der Waals surface area contributed by atoms with Gasteiger partial charge in [0.25, 0.3) is 0 Å². The first-order valence-electron chi connectivity index (χ1n) is 6.30. The number of carbonyl (C=O) groups is 2. The van der Waals surface area contributed by atoms with Crippen LogP contribution in [-0.2, 0) is 14.3 Å². The quantitative estimate of drug-likeness (QED) is 0.649. The molecule has 1 saturated heterocycles. The van der Waals surface area contributed by atoms with Gasteiger partial charge in [-0.25, -0.2) is 9.59 Å². The highest BCUT2D eigenvalue weighted by Crippen LogP contribution is 2.21. The van der Waals surface area contributed by atoms with Gasteiger partial charge in [-0.05, 0) is 13.3 Å². The highest BCUT2D eigenvalue weighted by atomic mass is 16.5. The molecule has 1 rings (SSSR count). The summed E-state index contributed by atoms with van der Waals surface area (Å²) in [6.45, 7) is 4.48. The van der Waals surface area contributed by atoms with E-state index in [2.05, 4.69) is 10.6 Å². The van der Waals surface area contributed by atoms with Crippen molar-refractivity contribution in [3.05, 3.63) is 0 Å². The number of urea groups is 1. The van der Waals surface area contributed by atoms with Crippen molar-refractivity contribution in [3.63, 3.8) is 0 Å². The third-order valence-corrected chi connectivity index (χ3v) is 3.64. The van der Waals surface area contributed by atoms with Crippen LogP contribution in [0.1, 0.15) is 26.7 Å². The molecule has 7 heteroatoms. The van der Waals surface area contributed by atoms with Crippen LogP contribution in [0.2, 0.25) is 0 Å². The van der Waals surface area contributed by atoms with E-state index in [1.54, 1.807) is 14.0 Å². The number of amides is 2. The highest BCUT2D eigenvalue weighted by molar-refractivity contribution is 5.85. The van der Waals surface area contributed by atoms with Gasteiger partial charge in [0.2, 0.25) is 0 Å². The second kappa shape index (κ2) is 6.21. The third-order valence-electron chi connectivity index (χ3n) is 3.64. The van der Waals surface area contributed by atoms with E-state index in [-0.39, 0.29) is 6.54 Å². The predicted octanol–water partition coefficient (Wildman–Crippen LogP) is 0.344. The summed E-state index contributed by atoms with van der Waals surface area (Å²) in [5.41, 5.74) is -1.78. The molecule has 2 atom stereocenters. The number of rotatable bonds is 6. The molecule has 0 aliphatic carbocycles. The summed E-state index contributed by atoms with van der Waals surface area (Å²) in [5.74, 6) is -1.06. The van der Waals surface area contributed by atoms with Crippen LogP contribution in [0.5, 0.6) is 0 Å². The van der Waals surface area contributed by atoms with Crippen LogP contribution < -0.4 is 10.6 Å². The van der Waals surface area contributed by atoms with Crippen molar-refractivity contribution in [2.75, 3.05) is 26.9 Å². The van der Waals surface area contributed by atoms with Gasteiger partial charge in [0.15, 0.2) is 0 Å². The molecule has 1 fully saturated rings. The van der Waals surface area contributed by atoms with Crippen LogP contribution in [0.4, 0.5) is 4.79 Å². The van der Waals surface area contributed by atoms with Crippen molar-refractivity contribution in [3.8, 4) is 0 Å². The summed E-state index contributed by atoms with van der Waals surface area (Å²) < 4.78 is 10.6. The lowest BCUT2D eigenvalue weighted by atomic mass is 9.99. The number of nitrogens with one attached hydrogen (secondary N) is 2. The Balaban J connectivity index is 2.49. The third kappa shape index (κ3) is 3.81. The number of ether oxygens (including phenoxy) is 2. The Morgan fingerprint density at radius 2 is 2.21 bits per heavy atom. The maximum absolute atomic E-state index is 11.8. The fourth-order valence-corrected chi connectivity index (χ4v) is 1.79. The molecule has 0 spiro atoms. The van der Waals surface area contributed by atoms with E-state index in [1.807, 2.05) is 0 Å². The molecule has 1 aliphatic rings. The summed E-state index contributed by atoms with van der Waals surface area (Å²) >= 11 is 0. The van der Waals surface area contributed by atoms with Gasteiger partial charge in [-0.15, -0.1) is 0 Å². The normalized spacial score (nSPS) is 25.6. The summed E-state index contributed by atoms with van der Waals surface area (Å²) in [6.07, 6.45) is 1.00. The fourth-order valence-electron chi connectivity index (χ4n) is 1.79. The molecule has 0 saturated carbocycles. The van der Waals surface area contributed by atoms with Crippen molar-refractivity contribution in [2.45, 2.75) is 37.8 Å². The minimum Gasteiger partial charge on any atom is -0.480 e. The zero-order valence-corrected chi connectivity index (χ0v) is 11.6. The van der Waals surface area contributed by atoms with E-state index in [9.17, 15) is 9.59 Å². The van der Waals surface area contributed by atoms with Crippen LogP contribution in [0.3, 0.4) is 0 Å². The fraction of sp³-hybridized carbons (Fsp3) is 0.833. The molecule has 1 heterocycles. The Morgan fingerprint density at radius 1 is 1.53 bits per heavy atom. The average molecular weight is 274 g/mol. The maximum atomic E-state index is 11.8. The number of aliphatic carboxylic acids is 1. The smallest absolute Gasteiger partial charge is 0.329 e. The molecule has 2 unspecified atom stereocenters. The lowest BCUT2D eigenvalue weighted by Gasteiger charge is -2.28. The summed E-state index contributed by atoms with van der Waals surface area (Å²) in [6, 6.07) is -0.518. The van der Waals surface area contributed by atoms with Crippen LogP contribution in [0, 0.1) is 0 Å². The Hall–Kier alpha value is -1.34. The van der Waals surface area contributed by atoms with Gasteiger partial charge in [-0.2, -0.15) is 0 Å². The monoisotopic (exact) mass is 274 g/mol. The molecular weight excluding hydrogens is 252 g/mol. The molecule has 19 heavy (non-hydrogen) atoms. The lowest BCUT2D eigenvalue weighted by Crippen LogP contribution is -2.57. The Labute approximate surface area is 112 Å². The average Bonchev–Trinajstić information content (AvgIpc) is 2.85. The predicted molar refractivity (Wildman–Crippen MR) is 68.0 cm³/mol. The molecule has 7 nitrogen and oxygen atoms in total. The second-order valence-corrected chi connectivity index (χ2v) is 4.99. The van der Waals surface area contributed by atoms with Crippen molar-refractivity contribution in [1.82, 2.24) is 10.6 Å². The molecule has 0 aromatic carbocycles. The molecular formula is C12H22N2O5. The molecule has 110 valence electrons. The van der Waals surface area contributed by atoms with Crippen molar-refractivity contribution in [1.29, 1.82) is 0 Å². The van der Waals surface area contributed by atoms with E-state index in [4.69, 9.17) is 14.6 Å². The summed E-state index contributed by atoms with van der Waals surface area (Å²) in [5, 5.41) is 14.2. The molecule has 0 radical (unpaired) electrons. The second-order valence-electron chi connectivity index (χ2n) is 4.99. The number of hydrogen-bond acceptors (Lipinski definition) is 4. The largest absolute Gasteiger partial charge is 0.480 e. The zero-order valence-electron chi connectivity index (χ0n) is 11.6. The summed E-state index contributed by atoms with van der Waals surface area (Å²) in [7, 11) is 1.57. The van der Waals surface area contributed by atoms with E-state index in [0.29, 0.717) is 26.1 Å². The number of carboxylic acids is 1. The van der Waals surface area contributed by atoms with Gasteiger partial charge >= 0.3 is 12.0 Å². The van der Waals surface area contributed by atoms with Gasteiger partial charge in [0.05, 0.1) is 13.2 Å². The Bertz CT molecular complexity index is 341. The molecule has 1 aliphatic heterocycles. The van der Waals surface area contributed by atoms with Crippen LogP contribution >= 0.6 is 0 Å². The van der Waals surface area contributed by atoms with Gasteiger partial charge in [0, 0.05) is 20.1 Å². The molecule has 3 N–H and O–H groups in total. The molecule has 0 bridgehead atoms. The van der Waals surface area contributed by atoms with E-state index in [0.717, 1.165) is 0 Å². The van der Waals surface area contributed by atoms with Crippen LogP contribution in [0.25, 0.3) is 0 Å². The number of hydrogen-bond donors (Lipinski definition) is 3. The standard InChI is InChI=1S/C12H22N2O5/c1-4-11(2,9(15)16)14-10(17)13-7-12(18-3)5-6-19-8-12/h4-8H2,1-3H3,(H,15,16)(H2,13,14,17). The first-order chi connectivity index (χ1) is 8.87. The first-order valence-corrected chi connectivity index (χ1v) is 6.30. The molecule has 2 amide bonds. The SMILES string of the molecule is CCC(C)(NC(=O)NCC1(OC)CCOC1)C(=O)O. The minimum atomic E-state index is -1.27. The molecule has 0 aromatic rings. The number of carboxylic acid groups (broad SMARTS) is 1. The topological polar surface area (TPSA) is 96.9 Å². The Morgan fingerprint density at radius 3 is 2.63 bits per heavy atom. The molecule has 0 aromatic heterocycles. The van der Waals surface area contributed by atoms with E-state index < -0.39 is 23.1 Å². The van der Waals surface area contributed by atoms with Crippen molar-refractivity contribution in [2.24, 2.45) is 0 Å². The van der Waals surface area contributed by atoms with Gasteiger partial charge in [-0.1, -0.05) is 6.92 Å². The van der Waals surface area contributed by atoms with Crippen LogP contribution in [0.15, 0.2) is 0 Å². The van der Waals surface area contributed by atoms with Gasteiger partial charge in [-0.3, -0.25) is 0 Å².